The van der Waals surface area contributed by atoms with E-state index in [1.807, 2.05) is 18.2 Å². The van der Waals surface area contributed by atoms with Crippen LogP contribution in [0.25, 0.3) is 16.9 Å². The Morgan fingerprint density at radius 2 is 1.94 bits per heavy atom. The summed E-state index contributed by atoms with van der Waals surface area (Å²) >= 11 is 12.6. The van der Waals surface area contributed by atoms with E-state index in [-0.39, 0.29) is 18.3 Å². The molecule has 1 fully saturated rings. The average molecular weight is 471 g/mol. The summed E-state index contributed by atoms with van der Waals surface area (Å²) in [6, 6.07) is 14.4. The summed E-state index contributed by atoms with van der Waals surface area (Å²) < 4.78 is 10.1. The zero-order chi connectivity index (χ0) is 22.2. The van der Waals surface area contributed by atoms with Crippen LogP contribution < -0.4 is 11.2 Å². The first-order valence-electron chi connectivity index (χ1n) is 10.3. The molecular formula is C23H20Cl2N4O3. The van der Waals surface area contributed by atoms with Crippen LogP contribution in [0.4, 0.5) is 0 Å². The molecule has 7 nitrogen and oxygen atoms in total. The smallest absolute Gasteiger partial charge is 0.337 e. The topological polar surface area (TPSA) is 71.0 Å². The SMILES string of the molecule is O=c1c2c(ncn2Cc2cccc(Cl)c2)n(-c2ccccc2Cl)c(=O)n1CC1CCCO1. The molecule has 2 aromatic carbocycles. The maximum absolute atomic E-state index is 13.5. The molecule has 32 heavy (non-hydrogen) atoms. The summed E-state index contributed by atoms with van der Waals surface area (Å²) in [5.74, 6) is 0. The minimum Gasteiger partial charge on any atom is -0.376 e. The number of ether oxygens (including phenoxy) is 1. The van der Waals surface area contributed by atoms with Crippen LogP contribution in [0.1, 0.15) is 18.4 Å². The van der Waals surface area contributed by atoms with Crippen LogP contribution in [-0.4, -0.2) is 31.4 Å². The maximum atomic E-state index is 13.5. The molecule has 0 amide bonds. The lowest BCUT2D eigenvalue weighted by molar-refractivity contribution is 0.0950. The number of nitrogens with zero attached hydrogens (tertiary/aromatic N) is 4. The van der Waals surface area contributed by atoms with Gasteiger partial charge in [-0.05, 0) is 42.7 Å². The molecule has 5 rings (SSSR count). The third kappa shape index (κ3) is 3.77. The van der Waals surface area contributed by atoms with Gasteiger partial charge in [0, 0.05) is 18.2 Å². The number of imidazole rings is 1. The predicted octanol–water partition coefficient (Wildman–Crippen LogP) is 3.88. The molecule has 1 aliphatic heterocycles. The lowest BCUT2D eigenvalue weighted by Crippen LogP contribution is -2.42. The molecule has 0 bridgehead atoms. The van der Waals surface area contributed by atoms with Gasteiger partial charge in [0.2, 0.25) is 0 Å². The Hall–Kier alpha value is -2.87. The van der Waals surface area contributed by atoms with Gasteiger partial charge in [-0.1, -0.05) is 47.5 Å². The van der Waals surface area contributed by atoms with Crippen molar-refractivity contribution in [2.75, 3.05) is 6.61 Å². The standard InChI is InChI=1S/C23H20Cl2N4O3/c24-16-6-3-5-15(11-16)12-27-14-26-21-20(27)22(30)28(13-17-7-4-10-32-17)23(31)29(21)19-9-2-1-8-18(19)25/h1-3,5-6,8-9,11,14,17H,4,7,10,12-13H2. The fourth-order valence-electron chi connectivity index (χ4n) is 4.13. The molecule has 0 radical (unpaired) electrons. The number of halogens is 2. The molecular weight excluding hydrogens is 451 g/mol. The Bertz CT molecular complexity index is 1420. The minimum atomic E-state index is -0.487. The third-order valence-corrected chi connectivity index (χ3v) is 6.20. The zero-order valence-corrected chi connectivity index (χ0v) is 18.6. The van der Waals surface area contributed by atoms with Crippen molar-refractivity contribution in [1.29, 1.82) is 0 Å². The Kier molecular flexibility index (Phi) is 5.63. The Morgan fingerprint density at radius 1 is 1.09 bits per heavy atom. The van der Waals surface area contributed by atoms with Gasteiger partial charge in [-0.2, -0.15) is 0 Å². The predicted molar refractivity (Wildman–Crippen MR) is 124 cm³/mol. The van der Waals surface area contributed by atoms with Crippen LogP contribution in [0, 0.1) is 0 Å². The normalized spacial score (nSPS) is 16.1. The number of para-hydroxylation sites is 1. The molecule has 1 atom stereocenters. The lowest BCUT2D eigenvalue weighted by atomic mass is 10.2. The molecule has 3 heterocycles. The number of fused-ring (bicyclic) bond motifs is 1. The van der Waals surface area contributed by atoms with E-state index in [9.17, 15) is 9.59 Å². The monoisotopic (exact) mass is 470 g/mol. The molecule has 0 saturated carbocycles. The van der Waals surface area contributed by atoms with Gasteiger partial charge in [0.05, 0.1) is 29.7 Å². The van der Waals surface area contributed by atoms with Gasteiger partial charge >= 0.3 is 5.69 Å². The van der Waals surface area contributed by atoms with E-state index in [0.29, 0.717) is 34.4 Å². The van der Waals surface area contributed by atoms with Gasteiger partial charge in [0.1, 0.15) is 0 Å². The van der Waals surface area contributed by atoms with Gasteiger partial charge in [-0.15, -0.1) is 0 Å². The highest BCUT2D eigenvalue weighted by molar-refractivity contribution is 6.32. The van der Waals surface area contributed by atoms with Crippen molar-refractivity contribution < 1.29 is 4.74 Å². The number of rotatable bonds is 5. The number of aromatic nitrogens is 4. The Balaban J connectivity index is 1.75. The van der Waals surface area contributed by atoms with Crippen LogP contribution in [0.3, 0.4) is 0 Å². The highest BCUT2D eigenvalue weighted by atomic mass is 35.5. The highest BCUT2D eigenvalue weighted by Gasteiger charge is 2.24. The second-order valence-corrected chi connectivity index (χ2v) is 8.64. The van der Waals surface area contributed by atoms with E-state index >= 15 is 0 Å². The van der Waals surface area contributed by atoms with Crippen molar-refractivity contribution in [3.05, 3.63) is 91.3 Å². The van der Waals surface area contributed by atoms with Crippen molar-refractivity contribution in [3.8, 4) is 5.69 Å². The number of hydrogen-bond acceptors (Lipinski definition) is 4. The van der Waals surface area contributed by atoms with Crippen molar-refractivity contribution in [3.63, 3.8) is 0 Å². The Morgan fingerprint density at radius 3 is 2.69 bits per heavy atom. The number of benzene rings is 2. The summed E-state index contributed by atoms with van der Waals surface area (Å²) in [5.41, 5.74) is 1.08. The van der Waals surface area contributed by atoms with Gasteiger partial charge in [-0.25, -0.2) is 14.3 Å². The summed E-state index contributed by atoms with van der Waals surface area (Å²) in [7, 11) is 0. The molecule has 1 unspecified atom stereocenters. The molecule has 0 spiro atoms. The van der Waals surface area contributed by atoms with E-state index in [2.05, 4.69) is 4.98 Å². The maximum Gasteiger partial charge on any atom is 0.337 e. The van der Waals surface area contributed by atoms with Crippen LogP contribution in [-0.2, 0) is 17.8 Å². The Labute approximate surface area is 193 Å². The van der Waals surface area contributed by atoms with E-state index in [1.165, 1.54) is 9.13 Å². The molecule has 164 valence electrons. The molecule has 1 aliphatic rings. The minimum absolute atomic E-state index is 0.179. The van der Waals surface area contributed by atoms with E-state index in [0.717, 1.165) is 18.4 Å². The fraction of sp³-hybridized carbons (Fsp3) is 0.261. The first-order chi connectivity index (χ1) is 15.5. The zero-order valence-electron chi connectivity index (χ0n) is 17.1. The number of hydrogen-bond donors (Lipinski definition) is 0. The first kappa shape index (κ1) is 21.0. The third-order valence-electron chi connectivity index (χ3n) is 5.65. The molecule has 0 N–H and O–H groups in total. The summed E-state index contributed by atoms with van der Waals surface area (Å²) in [6.07, 6.45) is 3.10. The van der Waals surface area contributed by atoms with Crippen molar-refractivity contribution in [2.24, 2.45) is 0 Å². The fourth-order valence-corrected chi connectivity index (χ4v) is 4.57. The summed E-state index contributed by atoms with van der Waals surface area (Å²) in [5, 5.41) is 0.998. The molecule has 2 aromatic heterocycles. The van der Waals surface area contributed by atoms with Gasteiger partial charge in [0.15, 0.2) is 11.2 Å². The van der Waals surface area contributed by atoms with Crippen LogP contribution >= 0.6 is 23.2 Å². The van der Waals surface area contributed by atoms with Gasteiger partial charge in [0.25, 0.3) is 5.56 Å². The van der Waals surface area contributed by atoms with Crippen LogP contribution in [0.5, 0.6) is 0 Å². The van der Waals surface area contributed by atoms with Crippen LogP contribution in [0.15, 0.2) is 64.4 Å². The highest BCUT2D eigenvalue weighted by Crippen LogP contribution is 2.22. The molecule has 1 saturated heterocycles. The van der Waals surface area contributed by atoms with Gasteiger partial charge < -0.3 is 9.30 Å². The van der Waals surface area contributed by atoms with Crippen molar-refractivity contribution in [2.45, 2.75) is 32.0 Å². The molecule has 4 aromatic rings. The molecule has 0 aliphatic carbocycles. The summed E-state index contributed by atoms with van der Waals surface area (Å²) in [4.78, 5) is 31.5. The summed E-state index contributed by atoms with van der Waals surface area (Å²) in [6.45, 7) is 1.19. The van der Waals surface area contributed by atoms with E-state index in [4.69, 9.17) is 27.9 Å². The van der Waals surface area contributed by atoms with Crippen molar-refractivity contribution >= 4 is 34.4 Å². The average Bonchev–Trinajstić information content (AvgIpc) is 3.43. The van der Waals surface area contributed by atoms with E-state index in [1.54, 1.807) is 41.2 Å². The largest absolute Gasteiger partial charge is 0.376 e. The molecule has 9 heteroatoms. The second-order valence-electron chi connectivity index (χ2n) is 7.79. The lowest BCUT2D eigenvalue weighted by Gasteiger charge is -2.16. The van der Waals surface area contributed by atoms with Crippen molar-refractivity contribution in [1.82, 2.24) is 18.7 Å². The van der Waals surface area contributed by atoms with Crippen LogP contribution in [0.2, 0.25) is 10.0 Å². The first-order valence-corrected chi connectivity index (χ1v) is 11.1. The second kappa shape index (κ2) is 8.58. The van der Waals surface area contributed by atoms with E-state index < -0.39 is 11.2 Å². The quantitative estimate of drug-likeness (QED) is 0.443. The van der Waals surface area contributed by atoms with Gasteiger partial charge in [-0.3, -0.25) is 9.36 Å².